The monoisotopic (exact) mass is 359 g/mol. The van der Waals surface area contributed by atoms with Crippen molar-refractivity contribution < 1.29 is 4.79 Å². The Morgan fingerprint density at radius 1 is 1.28 bits per heavy atom. The van der Waals surface area contributed by atoms with E-state index in [1.807, 2.05) is 7.05 Å². The third-order valence-electron chi connectivity index (χ3n) is 5.18. The maximum atomic E-state index is 12.7. The molecule has 4 rings (SSSR count). The summed E-state index contributed by atoms with van der Waals surface area (Å²) in [6.45, 7) is 2.01. The fourth-order valence-electron chi connectivity index (χ4n) is 3.71. The van der Waals surface area contributed by atoms with Gasteiger partial charge in [-0.1, -0.05) is 6.42 Å². The van der Waals surface area contributed by atoms with E-state index in [1.54, 1.807) is 16.0 Å². The molecule has 1 amide bonds. The van der Waals surface area contributed by atoms with Crippen molar-refractivity contribution in [3.8, 4) is 0 Å². The lowest BCUT2D eigenvalue weighted by Gasteiger charge is -2.19. The van der Waals surface area contributed by atoms with Crippen LogP contribution in [0.5, 0.6) is 0 Å². The van der Waals surface area contributed by atoms with Crippen LogP contribution in [0.1, 0.15) is 64.0 Å². The third kappa shape index (κ3) is 3.62. The number of nitrogens with zero attached hydrogens (tertiary/aromatic N) is 3. The molecule has 2 aromatic rings. The van der Waals surface area contributed by atoms with E-state index < -0.39 is 0 Å². The number of aryl methyl sites for hydroxylation is 3. The largest absolute Gasteiger partial charge is 0.317 e. The van der Waals surface area contributed by atoms with Gasteiger partial charge in [-0.15, -0.1) is 11.3 Å². The highest BCUT2D eigenvalue weighted by atomic mass is 32.1. The van der Waals surface area contributed by atoms with Crippen LogP contribution in [0.15, 0.2) is 6.07 Å². The molecular formula is C18H25N5OS. The second kappa shape index (κ2) is 7.25. The molecule has 0 spiro atoms. The topological polar surface area (TPSA) is 71.8 Å². The van der Waals surface area contributed by atoms with Crippen molar-refractivity contribution in [1.29, 1.82) is 0 Å². The number of nitrogens with one attached hydrogen (secondary N) is 2. The quantitative estimate of drug-likeness (QED) is 0.827. The average Bonchev–Trinajstić information content (AvgIpc) is 3.13. The summed E-state index contributed by atoms with van der Waals surface area (Å²) in [7, 11) is 1.84. The Hall–Kier alpha value is -1.73. The Labute approximate surface area is 152 Å². The summed E-state index contributed by atoms with van der Waals surface area (Å²) < 4.78 is 1.69. The van der Waals surface area contributed by atoms with Crippen LogP contribution in [0.4, 0.5) is 5.95 Å². The first-order valence-electron chi connectivity index (χ1n) is 9.25. The molecule has 0 aromatic carbocycles. The zero-order valence-corrected chi connectivity index (χ0v) is 15.5. The van der Waals surface area contributed by atoms with Crippen LogP contribution in [-0.4, -0.2) is 33.8 Å². The number of amides is 1. The molecule has 1 fully saturated rings. The number of hydrogen-bond donors (Lipinski definition) is 2. The average molecular weight is 359 g/mol. The molecule has 6 nitrogen and oxygen atoms in total. The van der Waals surface area contributed by atoms with Gasteiger partial charge >= 0.3 is 0 Å². The van der Waals surface area contributed by atoms with E-state index in [-0.39, 0.29) is 5.91 Å². The minimum atomic E-state index is -0.0644. The standard InChI is InChI=1S/C18H25N5OS/c1-23-18(20-16(22-23)12-7-9-19-10-8-12)21-17(24)15-11-13-5-3-2-4-6-14(13)25-15/h11-12,19H,2-10H2,1H3,(H,20,21,22,24). The fourth-order valence-corrected chi connectivity index (χ4v) is 4.86. The highest BCUT2D eigenvalue weighted by molar-refractivity contribution is 7.14. The molecule has 0 bridgehead atoms. The number of thiophene rings is 1. The zero-order chi connectivity index (χ0) is 17.2. The summed E-state index contributed by atoms with van der Waals surface area (Å²) in [5.74, 6) is 1.71. The summed E-state index contributed by atoms with van der Waals surface area (Å²) >= 11 is 1.64. The zero-order valence-electron chi connectivity index (χ0n) is 14.7. The minimum absolute atomic E-state index is 0.0644. The number of rotatable bonds is 3. The smallest absolute Gasteiger partial charge is 0.268 e. The van der Waals surface area contributed by atoms with Crippen molar-refractivity contribution in [2.75, 3.05) is 18.4 Å². The SMILES string of the molecule is Cn1nc(C2CCNCC2)nc1NC(=O)c1cc2c(s1)CCCCC2. The molecule has 2 aromatic heterocycles. The molecule has 3 heterocycles. The molecule has 134 valence electrons. The van der Waals surface area contributed by atoms with Gasteiger partial charge in [-0.25, -0.2) is 4.68 Å². The number of piperidine rings is 1. The molecule has 1 aliphatic carbocycles. The van der Waals surface area contributed by atoms with Crippen LogP contribution in [0.25, 0.3) is 0 Å². The second-order valence-corrected chi connectivity index (χ2v) is 8.15. The van der Waals surface area contributed by atoms with E-state index >= 15 is 0 Å². The molecule has 1 aliphatic heterocycles. The van der Waals surface area contributed by atoms with Crippen molar-refractivity contribution in [2.45, 2.75) is 50.9 Å². The predicted molar refractivity (Wildman–Crippen MR) is 99.4 cm³/mol. The van der Waals surface area contributed by atoms with Crippen LogP contribution < -0.4 is 10.6 Å². The van der Waals surface area contributed by atoms with E-state index in [1.165, 1.54) is 29.7 Å². The van der Waals surface area contributed by atoms with E-state index in [4.69, 9.17) is 0 Å². The Morgan fingerprint density at radius 3 is 2.92 bits per heavy atom. The van der Waals surface area contributed by atoms with Gasteiger partial charge in [-0.2, -0.15) is 10.1 Å². The van der Waals surface area contributed by atoms with Gasteiger partial charge in [0.25, 0.3) is 5.91 Å². The maximum Gasteiger partial charge on any atom is 0.268 e. The van der Waals surface area contributed by atoms with E-state index in [9.17, 15) is 4.79 Å². The number of anilines is 1. The summed E-state index contributed by atoms with van der Waals surface area (Å²) in [5.41, 5.74) is 1.36. The predicted octanol–water partition coefficient (Wildman–Crippen LogP) is 2.86. The first kappa shape index (κ1) is 16.7. The van der Waals surface area contributed by atoms with Crippen molar-refractivity contribution >= 4 is 23.2 Å². The summed E-state index contributed by atoms with van der Waals surface area (Å²) in [6, 6.07) is 2.07. The molecule has 1 saturated heterocycles. The summed E-state index contributed by atoms with van der Waals surface area (Å²) in [6.07, 6.45) is 8.07. The first-order chi connectivity index (χ1) is 12.2. The lowest BCUT2D eigenvalue weighted by atomic mass is 9.98. The first-order valence-corrected chi connectivity index (χ1v) is 10.1. The molecular weight excluding hydrogens is 334 g/mol. The molecule has 0 radical (unpaired) electrons. The molecule has 2 aliphatic rings. The highest BCUT2D eigenvalue weighted by Gasteiger charge is 2.22. The van der Waals surface area contributed by atoms with Gasteiger partial charge in [-0.3, -0.25) is 10.1 Å². The third-order valence-corrected chi connectivity index (χ3v) is 6.42. The van der Waals surface area contributed by atoms with Crippen LogP contribution in [-0.2, 0) is 19.9 Å². The molecule has 25 heavy (non-hydrogen) atoms. The van der Waals surface area contributed by atoms with Gasteiger partial charge < -0.3 is 5.32 Å². The van der Waals surface area contributed by atoms with Crippen molar-refractivity contribution in [2.24, 2.45) is 7.05 Å². The van der Waals surface area contributed by atoms with E-state index in [0.29, 0.717) is 11.9 Å². The Bertz CT molecular complexity index is 736. The van der Waals surface area contributed by atoms with Gasteiger partial charge in [0.05, 0.1) is 4.88 Å². The van der Waals surface area contributed by atoms with E-state index in [0.717, 1.165) is 49.5 Å². The van der Waals surface area contributed by atoms with Gasteiger partial charge in [-0.05, 0) is 63.2 Å². The van der Waals surface area contributed by atoms with Gasteiger partial charge in [0, 0.05) is 17.8 Å². The van der Waals surface area contributed by atoms with Gasteiger partial charge in [0.1, 0.15) is 0 Å². The maximum absolute atomic E-state index is 12.7. The molecule has 2 N–H and O–H groups in total. The van der Waals surface area contributed by atoms with Crippen LogP contribution >= 0.6 is 11.3 Å². The van der Waals surface area contributed by atoms with E-state index in [2.05, 4.69) is 26.8 Å². The lowest BCUT2D eigenvalue weighted by Crippen LogP contribution is -2.27. The van der Waals surface area contributed by atoms with Crippen molar-refractivity contribution in [1.82, 2.24) is 20.1 Å². The Balaban J connectivity index is 1.48. The fraction of sp³-hybridized carbons (Fsp3) is 0.611. The van der Waals surface area contributed by atoms with Crippen LogP contribution in [0.3, 0.4) is 0 Å². The Morgan fingerprint density at radius 2 is 2.08 bits per heavy atom. The lowest BCUT2D eigenvalue weighted by molar-refractivity contribution is 0.102. The highest BCUT2D eigenvalue weighted by Crippen LogP contribution is 2.29. The minimum Gasteiger partial charge on any atom is -0.317 e. The second-order valence-electron chi connectivity index (χ2n) is 7.02. The normalized spacial score (nSPS) is 18.6. The number of aromatic nitrogens is 3. The van der Waals surface area contributed by atoms with Crippen molar-refractivity contribution in [3.05, 3.63) is 27.2 Å². The van der Waals surface area contributed by atoms with Gasteiger partial charge in [0.2, 0.25) is 5.95 Å². The number of hydrogen-bond acceptors (Lipinski definition) is 5. The molecule has 0 saturated carbocycles. The van der Waals surface area contributed by atoms with Crippen molar-refractivity contribution in [3.63, 3.8) is 0 Å². The molecule has 7 heteroatoms. The van der Waals surface area contributed by atoms with Crippen LogP contribution in [0, 0.1) is 0 Å². The number of fused-ring (bicyclic) bond motifs is 1. The number of carbonyl (C=O) groups excluding carboxylic acids is 1. The number of carbonyl (C=O) groups is 1. The summed E-state index contributed by atoms with van der Waals surface area (Å²) in [4.78, 5) is 19.4. The molecule has 0 atom stereocenters. The Kier molecular flexibility index (Phi) is 4.85. The molecule has 0 unspecified atom stereocenters. The summed E-state index contributed by atoms with van der Waals surface area (Å²) in [5, 5.41) is 10.8. The van der Waals surface area contributed by atoms with Crippen LogP contribution in [0.2, 0.25) is 0 Å². The van der Waals surface area contributed by atoms with Gasteiger partial charge in [0.15, 0.2) is 5.82 Å².